The molecule has 3 amide bonds. The third kappa shape index (κ3) is 4.14. The van der Waals surface area contributed by atoms with Crippen LogP contribution in [0.15, 0.2) is 24.3 Å². The minimum atomic E-state index is -0.395. The number of hydrogen-bond acceptors (Lipinski definition) is 2. The van der Waals surface area contributed by atoms with E-state index in [0.717, 1.165) is 32.1 Å². The number of amides is 3. The highest BCUT2D eigenvalue weighted by Crippen LogP contribution is 2.35. The molecule has 2 fully saturated rings. The van der Waals surface area contributed by atoms with Gasteiger partial charge in [-0.15, -0.1) is 0 Å². The standard InChI is InChI=1S/C20H28ClN3O2/c1-20(2,3)18(25)22-13-11-14-7-6-8-15(12-13)24(14)19(26)23-17-10-5-4-9-16(17)21/h4-5,9-10,13-15H,6-8,11-12H2,1-3H3,(H,22,25)(H,23,26)/t13?,14-,15+. The molecule has 3 rings (SSSR count). The van der Waals surface area contributed by atoms with Gasteiger partial charge in [-0.25, -0.2) is 4.79 Å². The molecule has 2 heterocycles. The summed E-state index contributed by atoms with van der Waals surface area (Å²) < 4.78 is 0. The second-order valence-corrected chi connectivity index (χ2v) is 8.85. The van der Waals surface area contributed by atoms with Crippen molar-refractivity contribution in [3.8, 4) is 0 Å². The van der Waals surface area contributed by atoms with E-state index in [-0.39, 0.29) is 30.1 Å². The van der Waals surface area contributed by atoms with Crippen molar-refractivity contribution in [3.63, 3.8) is 0 Å². The summed E-state index contributed by atoms with van der Waals surface area (Å²) in [6.45, 7) is 5.78. The largest absolute Gasteiger partial charge is 0.353 e. The predicted molar refractivity (Wildman–Crippen MR) is 104 cm³/mol. The highest BCUT2D eigenvalue weighted by molar-refractivity contribution is 6.33. The molecule has 2 saturated heterocycles. The van der Waals surface area contributed by atoms with Crippen LogP contribution in [0, 0.1) is 5.41 Å². The summed E-state index contributed by atoms with van der Waals surface area (Å²) in [5, 5.41) is 6.68. The van der Waals surface area contributed by atoms with Gasteiger partial charge < -0.3 is 15.5 Å². The monoisotopic (exact) mass is 377 g/mol. The van der Waals surface area contributed by atoms with E-state index in [1.165, 1.54) is 0 Å². The molecule has 5 nitrogen and oxygen atoms in total. The average molecular weight is 378 g/mol. The fraction of sp³-hybridized carbons (Fsp3) is 0.600. The quantitative estimate of drug-likeness (QED) is 0.801. The molecule has 6 heteroatoms. The lowest BCUT2D eigenvalue weighted by molar-refractivity contribution is -0.129. The molecule has 142 valence electrons. The van der Waals surface area contributed by atoms with Crippen molar-refractivity contribution < 1.29 is 9.59 Å². The Bertz CT molecular complexity index is 672. The van der Waals surface area contributed by atoms with Gasteiger partial charge in [-0.2, -0.15) is 0 Å². The number of carbonyl (C=O) groups is 2. The fourth-order valence-electron chi connectivity index (χ4n) is 3.98. The molecule has 0 aromatic heterocycles. The van der Waals surface area contributed by atoms with E-state index in [4.69, 9.17) is 11.6 Å². The molecule has 2 aliphatic rings. The number of anilines is 1. The van der Waals surface area contributed by atoms with E-state index >= 15 is 0 Å². The topological polar surface area (TPSA) is 61.4 Å². The third-order valence-corrected chi connectivity index (χ3v) is 5.67. The van der Waals surface area contributed by atoms with Crippen molar-refractivity contribution >= 4 is 29.2 Å². The van der Waals surface area contributed by atoms with Crippen LogP contribution in [-0.2, 0) is 4.79 Å². The summed E-state index contributed by atoms with van der Waals surface area (Å²) >= 11 is 6.17. The van der Waals surface area contributed by atoms with E-state index in [9.17, 15) is 9.59 Å². The Morgan fingerprint density at radius 2 is 1.73 bits per heavy atom. The third-order valence-electron chi connectivity index (χ3n) is 5.34. The van der Waals surface area contributed by atoms with Gasteiger partial charge in [-0.1, -0.05) is 44.5 Å². The number of benzene rings is 1. The Balaban J connectivity index is 1.68. The molecule has 1 unspecified atom stereocenters. The normalized spacial score (nSPS) is 25.5. The number of nitrogens with zero attached hydrogens (tertiary/aromatic N) is 1. The van der Waals surface area contributed by atoms with Gasteiger partial charge in [0.1, 0.15) is 0 Å². The van der Waals surface area contributed by atoms with Gasteiger partial charge in [0.25, 0.3) is 0 Å². The fourth-order valence-corrected chi connectivity index (χ4v) is 4.16. The number of piperidine rings is 2. The van der Waals surface area contributed by atoms with Crippen molar-refractivity contribution in [2.24, 2.45) is 5.41 Å². The van der Waals surface area contributed by atoms with Gasteiger partial charge in [-0.05, 0) is 44.2 Å². The van der Waals surface area contributed by atoms with Crippen LogP contribution >= 0.6 is 11.6 Å². The summed E-state index contributed by atoms with van der Waals surface area (Å²) in [7, 11) is 0. The van der Waals surface area contributed by atoms with Crippen LogP contribution in [0.5, 0.6) is 0 Å². The molecule has 1 aromatic carbocycles. The Labute approximate surface area is 160 Å². The number of fused-ring (bicyclic) bond motifs is 2. The van der Waals surface area contributed by atoms with Crippen molar-refractivity contribution in [2.75, 3.05) is 5.32 Å². The smallest absolute Gasteiger partial charge is 0.322 e. The minimum absolute atomic E-state index is 0.0783. The maximum atomic E-state index is 12.9. The average Bonchev–Trinajstić information content (AvgIpc) is 2.55. The molecular weight excluding hydrogens is 350 g/mol. The lowest BCUT2D eigenvalue weighted by atomic mass is 9.81. The summed E-state index contributed by atoms with van der Waals surface area (Å²) in [5.74, 6) is 0.0783. The van der Waals surface area contributed by atoms with E-state index in [2.05, 4.69) is 10.6 Å². The number of urea groups is 1. The molecule has 0 radical (unpaired) electrons. The van der Waals surface area contributed by atoms with Gasteiger partial charge in [0.15, 0.2) is 0 Å². The van der Waals surface area contributed by atoms with E-state index in [0.29, 0.717) is 10.7 Å². The molecule has 2 bridgehead atoms. The number of hydrogen-bond donors (Lipinski definition) is 2. The molecule has 2 aliphatic heterocycles. The summed E-state index contributed by atoms with van der Waals surface area (Å²) in [6.07, 6.45) is 4.72. The molecule has 0 spiro atoms. The number of carbonyl (C=O) groups excluding carboxylic acids is 2. The van der Waals surface area contributed by atoms with Crippen molar-refractivity contribution in [1.82, 2.24) is 10.2 Å². The zero-order valence-corrected chi connectivity index (χ0v) is 16.5. The molecule has 2 N–H and O–H groups in total. The molecule has 1 aromatic rings. The first-order chi connectivity index (χ1) is 12.3. The van der Waals surface area contributed by atoms with Gasteiger partial charge in [0.2, 0.25) is 5.91 Å². The molecule has 0 saturated carbocycles. The van der Waals surface area contributed by atoms with Crippen LogP contribution in [0.2, 0.25) is 5.02 Å². The minimum Gasteiger partial charge on any atom is -0.353 e. The first-order valence-electron chi connectivity index (χ1n) is 9.40. The summed E-state index contributed by atoms with van der Waals surface area (Å²) in [4.78, 5) is 27.2. The van der Waals surface area contributed by atoms with Gasteiger partial charge in [-0.3, -0.25) is 4.79 Å². The van der Waals surface area contributed by atoms with E-state index in [1.54, 1.807) is 6.07 Å². The number of para-hydroxylation sites is 1. The van der Waals surface area contributed by atoms with Crippen LogP contribution in [0.3, 0.4) is 0 Å². The first kappa shape index (κ1) is 19.0. The predicted octanol–water partition coefficient (Wildman–Crippen LogP) is 4.42. The lowest BCUT2D eigenvalue weighted by Gasteiger charge is -2.49. The number of rotatable bonds is 2. The Morgan fingerprint density at radius 3 is 2.31 bits per heavy atom. The summed E-state index contributed by atoms with van der Waals surface area (Å²) in [5.41, 5.74) is 0.244. The molecular formula is C20H28ClN3O2. The van der Waals surface area contributed by atoms with Crippen LogP contribution in [0.1, 0.15) is 52.9 Å². The van der Waals surface area contributed by atoms with Crippen LogP contribution in [-0.4, -0.2) is 35.0 Å². The van der Waals surface area contributed by atoms with Gasteiger partial charge in [0.05, 0.1) is 10.7 Å². The zero-order valence-electron chi connectivity index (χ0n) is 15.7. The lowest BCUT2D eigenvalue weighted by Crippen LogP contribution is -2.60. The maximum absolute atomic E-state index is 12.9. The zero-order chi connectivity index (χ0) is 18.9. The molecule has 0 aliphatic carbocycles. The second kappa shape index (κ2) is 7.47. The molecule has 26 heavy (non-hydrogen) atoms. The highest BCUT2D eigenvalue weighted by Gasteiger charge is 2.42. The summed E-state index contributed by atoms with van der Waals surface area (Å²) in [6, 6.07) is 7.66. The molecule has 3 atom stereocenters. The van der Waals surface area contributed by atoms with Gasteiger partial charge in [0, 0.05) is 23.5 Å². The Morgan fingerprint density at radius 1 is 1.12 bits per heavy atom. The SMILES string of the molecule is CC(C)(C)C(=O)NC1C[C@H]2CCC[C@@H](C1)N2C(=O)Nc1ccccc1Cl. The first-order valence-corrected chi connectivity index (χ1v) is 9.78. The van der Waals surface area contributed by atoms with Crippen molar-refractivity contribution in [3.05, 3.63) is 29.3 Å². The van der Waals surface area contributed by atoms with E-state index in [1.807, 2.05) is 43.9 Å². The Hall–Kier alpha value is -1.75. The maximum Gasteiger partial charge on any atom is 0.322 e. The number of nitrogens with one attached hydrogen (secondary N) is 2. The van der Waals surface area contributed by atoms with Crippen molar-refractivity contribution in [2.45, 2.75) is 71.0 Å². The van der Waals surface area contributed by atoms with Crippen LogP contribution < -0.4 is 10.6 Å². The van der Waals surface area contributed by atoms with Crippen molar-refractivity contribution in [1.29, 1.82) is 0 Å². The highest BCUT2D eigenvalue weighted by atomic mass is 35.5. The van der Waals surface area contributed by atoms with Crippen LogP contribution in [0.4, 0.5) is 10.5 Å². The van der Waals surface area contributed by atoms with E-state index < -0.39 is 5.41 Å². The van der Waals surface area contributed by atoms with Crippen LogP contribution in [0.25, 0.3) is 0 Å². The number of halogens is 1. The Kier molecular flexibility index (Phi) is 5.47. The second-order valence-electron chi connectivity index (χ2n) is 8.45. The van der Waals surface area contributed by atoms with Gasteiger partial charge >= 0.3 is 6.03 Å².